The molecule has 0 unspecified atom stereocenters. The number of aryl methyl sites for hydroxylation is 1. The molecule has 2 rings (SSSR count). The Kier molecular flexibility index (Phi) is 4.23. The summed E-state index contributed by atoms with van der Waals surface area (Å²) in [7, 11) is 1.85. The second-order valence-electron chi connectivity index (χ2n) is 3.98. The van der Waals surface area contributed by atoms with Gasteiger partial charge in [-0.1, -0.05) is 24.6 Å². The van der Waals surface area contributed by atoms with E-state index in [1.807, 2.05) is 31.4 Å². The summed E-state index contributed by atoms with van der Waals surface area (Å²) in [5.74, 6) is 1.47. The van der Waals surface area contributed by atoms with E-state index in [9.17, 15) is 0 Å². The molecular formula is C13H16ClN3O. The first-order valence-electron chi connectivity index (χ1n) is 5.84. The van der Waals surface area contributed by atoms with Crippen LogP contribution in [0.5, 0.6) is 11.5 Å². The Balaban J connectivity index is 2.21. The smallest absolute Gasteiger partial charge is 0.165 e. The molecule has 2 aromatic rings. The van der Waals surface area contributed by atoms with Crippen molar-refractivity contribution in [2.24, 2.45) is 7.05 Å². The van der Waals surface area contributed by atoms with Crippen molar-refractivity contribution in [2.45, 2.75) is 13.5 Å². The molecule has 1 aromatic carbocycles. The van der Waals surface area contributed by atoms with E-state index in [4.69, 9.17) is 16.3 Å². The third-order valence-electron chi connectivity index (χ3n) is 2.50. The molecule has 0 amide bonds. The molecule has 0 radical (unpaired) electrons. The van der Waals surface area contributed by atoms with Gasteiger partial charge in [0.05, 0.1) is 12.4 Å². The predicted octanol–water partition coefficient (Wildman–Crippen LogP) is 2.98. The second kappa shape index (κ2) is 5.89. The summed E-state index contributed by atoms with van der Waals surface area (Å²) in [6.45, 7) is 3.73. The minimum absolute atomic E-state index is 0.661. The molecule has 1 heterocycles. The number of aromatic nitrogens is 2. The largest absolute Gasteiger partial charge is 0.454 e. The maximum Gasteiger partial charge on any atom is 0.165 e. The number of benzene rings is 1. The van der Waals surface area contributed by atoms with E-state index in [0.29, 0.717) is 10.8 Å². The zero-order valence-corrected chi connectivity index (χ0v) is 11.2. The standard InChI is InChI=1S/C13H16ClN3O/c1-3-15-7-10-4-5-11(14)6-13(10)18-12-8-16-17(2)9-12/h4-6,8-9,15H,3,7H2,1-2H3. The third kappa shape index (κ3) is 3.24. The number of ether oxygens (including phenoxy) is 1. The Morgan fingerprint density at radius 2 is 2.28 bits per heavy atom. The molecule has 4 nitrogen and oxygen atoms in total. The van der Waals surface area contributed by atoms with Gasteiger partial charge in [-0.15, -0.1) is 0 Å². The molecule has 0 aliphatic carbocycles. The predicted molar refractivity (Wildman–Crippen MR) is 72.1 cm³/mol. The van der Waals surface area contributed by atoms with Crippen LogP contribution in [0.1, 0.15) is 12.5 Å². The van der Waals surface area contributed by atoms with Crippen molar-refractivity contribution in [1.82, 2.24) is 15.1 Å². The number of nitrogens with one attached hydrogen (secondary N) is 1. The zero-order valence-electron chi connectivity index (χ0n) is 10.5. The Hall–Kier alpha value is -1.52. The van der Waals surface area contributed by atoms with Gasteiger partial charge in [-0.05, 0) is 18.7 Å². The summed E-state index contributed by atoms with van der Waals surface area (Å²) in [6, 6.07) is 5.66. The summed E-state index contributed by atoms with van der Waals surface area (Å²) >= 11 is 6.00. The lowest BCUT2D eigenvalue weighted by molar-refractivity contribution is 0.472. The molecule has 0 aliphatic rings. The van der Waals surface area contributed by atoms with Crippen molar-refractivity contribution in [3.8, 4) is 11.5 Å². The van der Waals surface area contributed by atoms with Crippen LogP contribution in [0.25, 0.3) is 0 Å². The monoisotopic (exact) mass is 265 g/mol. The van der Waals surface area contributed by atoms with Gasteiger partial charge in [-0.25, -0.2) is 0 Å². The minimum atomic E-state index is 0.661. The lowest BCUT2D eigenvalue weighted by Crippen LogP contribution is -2.12. The molecular weight excluding hydrogens is 250 g/mol. The second-order valence-corrected chi connectivity index (χ2v) is 4.42. The number of rotatable bonds is 5. The first kappa shape index (κ1) is 12.9. The van der Waals surface area contributed by atoms with Crippen LogP contribution in [-0.2, 0) is 13.6 Å². The van der Waals surface area contributed by atoms with Crippen molar-refractivity contribution in [1.29, 1.82) is 0 Å². The Morgan fingerprint density at radius 1 is 1.44 bits per heavy atom. The molecule has 0 aliphatic heterocycles. The first-order valence-corrected chi connectivity index (χ1v) is 6.22. The molecule has 5 heteroatoms. The Morgan fingerprint density at radius 3 is 2.94 bits per heavy atom. The van der Waals surface area contributed by atoms with Gasteiger partial charge in [0.1, 0.15) is 5.75 Å². The summed E-state index contributed by atoms with van der Waals surface area (Å²) in [5, 5.41) is 8.00. The number of nitrogens with zero attached hydrogens (tertiary/aromatic N) is 2. The lowest BCUT2D eigenvalue weighted by atomic mass is 10.2. The van der Waals surface area contributed by atoms with Crippen LogP contribution >= 0.6 is 11.6 Å². The van der Waals surface area contributed by atoms with Gasteiger partial charge in [0.25, 0.3) is 0 Å². The quantitative estimate of drug-likeness (QED) is 0.903. The van der Waals surface area contributed by atoms with Crippen molar-refractivity contribution in [3.63, 3.8) is 0 Å². The maximum atomic E-state index is 6.00. The molecule has 1 N–H and O–H groups in total. The van der Waals surface area contributed by atoms with Gasteiger partial charge in [-0.3, -0.25) is 4.68 Å². The number of hydrogen-bond donors (Lipinski definition) is 1. The van der Waals surface area contributed by atoms with E-state index in [-0.39, 0.29) is 0 Å². The van der Waals surface area contributed by atoms with Crippen LogP contribution in [-0.4, -0.2) is 16.3 Å². The van der Waals surface area contributed by atoms with Gasteiger partial charge in [-0.2, -0.15) is 5.10 Å². The fourth-order valence-electron chi connectivity index (χ4n) is 1.61. The Labute approximate surface area is 112 Å². The average Bonchev–Trinajstić information content (AvgIpc) is 2.74. The average molecular weight is 266 g/mol. The van der Waals surface area contributed by atoms with Gasteiger partial charge in [0.15, 0.2) is 5.75 Å². The Bertz CT molecular complexity index is 525. The summed E-state index contributed by atoms with van der Waals surface area (Å²) in [6.07, 6.45) is 3.50. The van der Waals surface area contributed by atoms with E-state index >= 15 is 0 Å². The summed E-state index contributed by atoms with van der Waals surface area (Å²) in [5.41, 5.74) is 1.07. The molecule has 0 bridgehead atoms. The lowest BCUT2D eigenvalue weighted by Gasteiger charge is -2.10. The zero-order chi connectivity index (χ0) is 13.0. The molecule has 0 saturated heterocycles. The van der Waals surface area contributed by atoms with Crippen molar-refractivity contribution < 1.29 is 4.74 Å². The molecule has 1 aromatic heterocycles. The highest BCUT2D eigenvalue weighted by Gasteiger charge is 2.07. The van der Waals surface area contributed by atoms with Gasteiger partial charge >= 0.3 is 0 Å². The molecule has 18 heavy (non-hydrogen) atoms. The molecule has 0 fully saturated rings. The topological polar surface area (TPSA) is 39.1 Å². The maximum absolute atomic E-state index is 6.00. The molecule has 96 valence electrons. The highest BCUT2D eigenvalue weighted by molar-refractivity contribution is 6.30. The minimum Gasteiger partial charge on any atom is -0.454 e. The van der Waals surface area contributed by atoms with Crippen molar-refractivity contribution >= 4 is 11.6 Å². The summed E-state index contributed by atoms with van der Waals surface area (Å²) < 4.78 is 7.50. The van der Waals surface area contributed by atoms with Gasteiger partial charge in [0.2, 0.25) is 0 Å². The molecule has 0 spiro atoms. The number of hydrogen-bond acceptors (Lipinski definition) is 3. The highest BCUT2D eigenvalue weighted by Crippen LogP contribution is 2.28. The van der Waals surface area contributed by atoms with E-state index in [1.54, 1.807) is 10.9 Å². The van der Waals surface area contributed by atoms with Crippen molar-refractivity contribution in [3.05, 3.63) is 41.2 Å². The van der Waals surface area contributed by atoms with E-state index in [1.165, 1.54) is 0 Å². The van der Waals surface area contributed by atoms with E-state index in [2.05, 4.69) is 17.3 Å². The first-order chi connectivity index (χ1) is 8.69. The number of halogens is 1. The normalized spacial score (nSPS) is 10.6. The molecule has 0 saturated carbocycles. The van der Waals surface area contributed by atoms with Crippen LogP contribution in [0.4, 0.5) is 0 Å². The van der Waals surface area contributed by atoms with Crippen LogP contribution in [0, 0.1) is 0 Å². The van der Waals surface area contributed by atoms with E-state index < -0.39 is 0 Å². The van der Waals surface area contributed by atoms with Crippen LogP contribution in [0.2, 0.25) is 5.02 Å². The van der Waals surface area contributed by atoms with Crippen LogP contribution in [0.3, 0.4) is 0 Å². The SMILES string of the molecule is CCNCc1ccc(Cl)cc1Oc1cnn(C)c1. The summed E-state index contributed by atoms with van der Waals surface area (Å²) in [4.78, 5) is 0. The fraction of sp³-hybridized carbons (Fsp3) is 0.308. The van der Waals surface area contributed by atoms with Crippen molar-refractivity contribution in [2.75, 3.05) is 6.54 Å². The van der Waals surface area contributed by atoms with Gasteiger partial charge in [0, 0.05) is 24.2 Å². The van der Waals surface area contributed by atoms with Crippen LogP contribution < -0.4 is 10.1 Å². The molecule has 0 atom stereocenters. The van der Waals surface area contributed by atoms with Gasteiger partial charge < -0.3 is 10.1 Å². The van der Waals surface area contributed by atoms with E-state index in [0.717, 1.165) is 24.4 Å². The third-order valence-corrected chi connectivity index (χ3v) is 2.74. The highest BCUT2D eigenvalue weighted by atomic mass is 35.5. The van der Waals surface area contributed by atoms with Crippen LogP contribution in [0.15, 0.2) is 30.6 Å². The fourth-order valence-corrected chi connectivity index (χ4v) is 1.77.